The second kappa shape index (κ2) is 18.4. The first-order valence-electron chi connectivity index (χ1n) is 26.4. The van der Waals surface area contributed by atoms with Crippen LogP contribution >= 0.6 is 0 Å². The molecule has 5 heteroatoms. The predicted molar refractivity (Wildman–Crippen MR) is 322 cm³/mol. The van der Waals surface area contributed by atoms with Crippen molar-refractivity contribution in [3.8, 4) is 56.4 Å². The van der Waals surface area contributed by atoms with Crippen molar-refractivity contribution in [1.29, 1.82) is 0 Å². The zero-order valence-electron chi connectivity index (χ0n) is 41.9. The van der Waals surface area contributed by atoms with E-state index in [9.17, 15) is 0 Å². The molecule has 0 radical (unpaired) electrons. The number of ether oxygens (including phenoxy) is 2. The molecule has 0 unspecified atom stereocenters. The van der Waals surface area contributed by atoms with Crippen LogP contribution in [-0.2, 0) is 0 Å². The monoisotopic (exact) mass is 982 g/mol. The number of fused-ring (bicyclic) bond motifs is 7. The molecule has 0 spiro atoms. The fourth-order valence-electron chi connectivity index (χ4n) is 12.2. The molecule has 0 bridgehead atoms. The molecule has 0 N–H and O–H groups in total. The molecule has 0 saturated heterocycles. The zero-order valence-corrected chi connectivity index (χ0v) is 41.9. The van der Waals surface area contributed by atoms with Crippen LogP contribution in [0.4, 0.5) is 34.1 Å². The van der Waals surface area contributed by atoms with Crippen molar-refractivity contribution in [1.82, 2.24) is 0 Å². The van der Waals surface area contributed by atoms with Crippen molar-refractivity contribution in [2.24, 2.45) is 0 Å². The van der Waals surface area contributed by atoms with Crippen molar-refractivity contribution in [2.75, 3.05) is 9.80 Å². The van der Waals surface area contributed by atoms with Crippen LogP contribution in [-0.4, -0.2) is 6.71 Å². The Morgan fingerprint density at radius 1 is 0.247 bits per heavy atom. The van der Waals surface area contributed by atoms with Gasteiger partial charge in [0.2, 0.25) is 0 Å². The minimum Gasteiger partial charge on any atom is -0.458 e. The summed E-state index contributed by atoms with van der Waals surface area (Å²) in [7, 11) is 0. The Labute approximate surface area is 448 Å². The zero-order chi connectivity index (χ0) is 50.8. The van der Waals surface area contributed by atoms with Gasteiger partial charge < -0.3 is 19.3 Å². The van der Waals surface area contributed by atoms with E-state index >= 15 is 0 Å². The Balaban J connectivity index is 0.949. The number of hydrogen-bond acceptors (Lipinski definition) is 4. The van der Waals surface area contributed by atoms with Crippen molar-refractivity contribution < 1.29 is 9.47 Å². The molecule has 0 fully saturated rings. The Morgan fingerprint density at radius 3 is 1.03 bits per heavy atom. The topological polar surface area (TPSA) is 24.9 Å². The van der Waals surface area contributed by atoms with E-state index in [4.69, 9.17) is 9.47 Å². The van der Waals surface area contributed by atoms with Crippen molar-refractivity contribution in [3.63, 3.8) is 0 Å². The lowest BCUT2D eigenvalue weighted by Gasteiger charge is -2.35. The van der Waals surface area contributed by atoms with Gasteiger partial charge >= 0.3 is 0 Å². The molecule has 0 aliphatic carbocycles. The minimum atomic E-state index is -0.170. The van der Waals surface area contributed by atoms with Gasteiger partial charge in [0, 0.05) is 51.7 Å². The normalized spacial score (nSPS) is 12.1. The molecule has 360 valence electrons. The highest BCUT2D eigenvalue weighted by Gasteiger charge is 2.41. The summed E-state index contributed by atoms with van der Waals surface area (Å²) in [6.07, 6.45) is 0. The number of benzene rings is 13. The maximum absolute atomic E-state index is 7.34. The first-order chi connectivity index (χ1) is 38.2. The van der Waals surface area contributed by atoms with Crippen LogP contribution in [0.3, 0.4) is 0 Å². The maximum Gasteiger partial charge on any atom is 0.260 e. The first kappa shape index (κ1) is 44.4. The molecule has 0 amide bonds. The van der Waals surface area contributed by atoms with Gasteiger partial charge in [0.15, 0.2) is 0 Å². The average molecular weight is 983 g/mol. The molecule has 13 aromatic rings. The van der Waals surface area contributed by atoms with E-state index in [-0.39, 0.29) is 6.71 Å². The van der Waals surface area contributed by atoms with Crippen molar-refractivity contribution in [2.45, 2.75) is 0 Å². The van der Waals surface area contributed by atoms with Gasteiger partial charge in [-0.05, 0) is 149 Å². The lowest BCUT2D eigenvalue weighted by atomic mass is 9.35. The number of hydrogen-bond donors (Lipinski definition) is 0. The van der Waals surface area contributed by atoms with E-state index in [1.54, 1.807) is 0 Å². The van der Waals surface area contributed by atoms with Gasteiger partial charge in [-0.25, -0.2) is 0 Å². The van der Waals surface area contributed by atoms with E-state index in [1.165, 1.54) is 43.8 Å². The van der Waals surface area contributed by atoms with E-state index in [0.717, 1.165) is 95.4 Å². The Bertz CT molecular complexity index is 4110. The molecule has 0 aromatic heterocycles. The highest BCUT2D eigenvalue weighted by molar-refractivity contribution is 6.98. The molecule has 2 heterocycles. The quantitative estimate of drug-likeness (QED) is 0.106. The third kappa shape index (κ3) is 7.46. The molecule has 77 heavy (non-hydrogen) atoms. The van der Waals surface area contributed by atoms with Crippen LogP contribution in [0.2, 0.25) is 0 Å². The van der Waals surface area contributed by atoms with E-state index in [0.29, 0.717) is 0 Å². The van der Waals surface area contributed by atoms with Gasteiger partial charge in [-0.15, -0.1) is 0 Å². The van der Waals surface area contributed by atoms with Gasteiger partial charge in [-0.3, -0.25) is 0 Å². The van der Waals surface area contributed by atoms with E-state index in [1.807, 2.05) is 0 Å². The lowest BCUT2D eigenvalue weighted by Crippen LogP contribution is -2.57. The molecule has 0 saturated carbocycles. The van der Waals surface area contributed by atoms with Gasteiger partial charge in [-0.1, -0.05) is 200 Å². The van der Waals surface area contributed by atoms with Gasteiger partial charge in [0.1, 0.15) is 23.0 Å². The van der Waals surface area contributed by atoms with Crippen LogP contribution in [0, 0.1) is 0 Å². The molecular formula is C72H47BN2O2. The van der Waals surface area contributed by atoms with Gasteiger partial charge in [-0.2, -0.15) is 0 Å². The highest BCUT2D eigenvalue weighted by Crippen LogP contribution is 2.49. The highest BCUT2D eigenvalue weighted by atomic mass is 16.5. The van der Waals surface area contributed by atoms with Crippen LogP contribution in [0.25, 0.3) is 65.7 Å². The molecule has 2 aliphatic rings. The largest absolute Gasteiger partial charge is 0.458 e. The van der Waals surface area contributed by atoms with Gasteiger partial charge in [0.05, 0.1) is 0 Å². The Kier molecular flexibility index (Phi) is 10.6. The van der Waals surface area contributed by atoms with Crippen LogP contribution < -0.4 is 35.7 Å². The second-order valence-corrected chi connectivity index (χ2v) is 19.9. The average Bonchev–Trinajstić information content (AvgIpc) is 3.61. The standard InChI is InChI=1S/C72H47BN2O2/c1-6-22-48(23-7-1)56-40-41-63(58-33-17-16-32-57(56)58)71-61-36-20-18-34-59(61)70(60-35-19-21-37-62(60)71)49-44-68-72-69(45-49)77-67-47-55(75(52-28-12-4-13-29-52)53-30-14-5-15-31-53)39-43-65(67)73(72)64-42-38-54(46-66(64)76-68)74(50-24-8-2-9-25-50)51-26-10-3-11-27-51/h1-47H. The molecule has 15 rings (SSSR count). The fraction of sp³-hybridized carbons (Fsp3) is 0. The Hall–Kier alpha value is -10.1. The maximum atomic E-state index is 7.34. The fourth-order valence-corrected chi connectivity index (χ4v) is 12.2. The summed E-state index contributed by atoms with van der Waals surface area (Å²) in [5.41, 5.74) is 16.4. The predicted octanol–water partition coefficient (Wildman–Crippen LogP) is 17.8. The molecular weight excluding hydrogens is 936 g/mol. The van der Waals surface area contributed by atoms with E-state index < -0.39 is 0 Å². The summed E-state index contributed by atoms with van der Waals surface area (Å²) in [6.45, 7) is -0.170. The summed E-state index contributed by atoms with van der Waals surface area (Å²) in [5.74, 6) is 3.18. The first-order valence-corrected chi connectivity index (χ1v) is 26.4. The number of para-hydroxylation sites is 4. The van der Waals surface area contributed by atoms with Crippen LogP contribution in [0.15, 0.2) is 285 Å². The van der Waals surface area contributed by atoms with Crippen LogP contribution in [0.5, 0.6) is 23.0 Å². The number of rotatable bonds is 9. The molecule has 2 aliphatic heterocycles. The minimum absolute atomic E-state index is 0.170. The Morgan fingerprint density at radius 2 is 0.597 bits per heavy atom. The number of anilines is 6. The lowest BCUT2D eigenvalue weighted by molar-refractivity contribution is 0.465. The summed E-state index contributed by atoms with van der Waals surface area (Å²) < 4.78 is 14.7. The van der Waals surface area contributed by atoms with E-state index in [2.05, 4.69) is 295 Å². The molecule has 0 atom stereocenters. The van der Waals surface area contributed by atoms with Crippen molar-refractivity contribution >= 4 is 89.5 Å². The third-order valence-corrected chi connectivity index (χ3v) is 15.5. The summed E-state index contributed by atoms with van der Waals surface area (Å²) in [4.78, 5) is 4.59. The number of nitrogens with zero attached hydrogens (tertiary/aromatic N) is 2. The molecule has 13 aromatic carbocycles. The third-order valence-electron chi connectivity index (χ3n) is 15.5. The summed E-state index contributed by atoms with van der Waals surface area (Å²) in [6, 6.07) is 102. The summed E-state index contributed by atoms with van der Waals surface area (Å²) in [5, 5.41) is 7.11. The molecule has 4 nitrogen and oxygen atoms in total. The smallest absolute Gasteiger partial charge is 0.260 e. The SMILES string of the molecule is c1ccc(-c2ccc(-c3c4ccccc4c(-c4cc5c6c(c4)Oc4cc(N(c7ccccc7)c7ccccc7)ccc4B6c4ccc(N(c6ccccc6)c6ccccc6)cc4O5)c4ccccc34)c3ccccc23)cc1. The second-order valence-electron chi connectivity index (χ2n) is 19.9. The summed E-state index contributed by atoms with van der Waals surface area (Å²) >= 11 is 0. The van der Waals surface area contributed by atoms with Gasteiger partial charge in [0.25, 0.3) is 6.71 Å². The van der Waals surface area contributed by atoms with Crippen molar-refractivity contribution in [3.05, 3.63) is 285 Å². The van der Waals surface area contributed by atoms with Crippen LogP contribution in [0.1, 0.15) is 0 Å².